The first-order valence-corrected chi connectivity index (χ1v) is 6.51. The molecule has 21 heavy (non-hydrogen) atoms. The Morgan fingerprint density at radius 3 is 2.62 bits per heavy atom. The van der Waals surface area contributed by atoms with E-state index < -0.39 is 16.9 Å². The van der Waals surface area contributed by atoms with Crippen molar-refractivity contribution in [1.82, 2.24) is 0 Å². The smallest absolute Gasteiger partial charge is 0.348 e. The number of thiophene rings is 1. The molecule has 0 radical (unpaired) electrons. The molecule has 7 nitrogen and oxygen atoms in total. The van der Waals surface area contributed by atoms with Gasteiger partial charge >= 0.3 is 11.9 Å². The molecule has 0 aliphatic heterocycles. The molecule has 8 heteroatoms. The molecule has 0 saturated heterocycles. The highest BCUT2D eigenvalue weighted by atomic mass is 32.1. The number of rotatable bonds is 4. The Balaban J connectivity index is 2.57. The van der Waals surface area contributed by atoms with E-state index in [-0.39, 0.29) is 21.7 Å². The highest BCUT2D eigenvalue weighted by Crippen LogP contribution is 2.31. The van der Waals surface area contributed by atoms with Crippen molar-refractivity contribution in [2.75, 3.05) is 7.11 Å². The summed E-state index contributed by atoms with van der Waals surface area (Å²) in [6, 6.07) is 4.92. The predicted octanol–water partition coefficient (Wildman–Crippen LogP) is 2.81. The fourth-order valence-corrected chi connectivity index (χ4v) is 2.58. The van der Waals surface area contributed by atoms with Crippen LogP contribution in [0.2, 0.25) is 0 Å². The monoisotopic (exact) mass is 307 g/mol. The van der Waals surface area contributed by atoms with Crippen molar-refractivity contribution < 1.29 is 24.4 Å². The number of methoxy groups -OCH3 is 1. The molecule has 0 atom stereocenters. The van der Waals surface area contributed by atoms with Gasteiger partial charge in [0.1, 0.15) is 4.88 Å². The van der Waals surface area contributed by atoms with Gasteiger partial charge in [-0.1, -0.05) is 0 Å². The number of carbonyl (C=O) groups is 2. The summed E-state index contributed by atoms with van der Waals surface area (Å²) in [4.78, 5) is 33.1. The third-order valence-corrected chi connectivity index (χ3v) is 3.65. The molecule has 0 saturated carbocycles. The number of esters is 1. The Labute approximate surface area is 122 Å². The van der Waals surface area contributed by atoms with Crippen LogP contribution in [0.5, 0.6) is 0 Å². The molecule has 1 heterocycles. The van der Waals surface area contributed by atoms with Gasteiger partial charge in [-0.15, -0.1) is 11.3 Å². The van der Waals surface area contributed by atoms with Gasteiger partial charge in [0.25, 0.3) is 5.69 Å². The first-order valence-electron chi connectivity index (χ1n) is 5.63. The van der Waals surface area contributed by atoms with Crippen molar-refractivity contribution in [2.45, 2.75) is 0 Å². The van der Waals surface area contributed by atoms with E-state index >= 15 is 0 Å². The molecule has 1 N–H and O–H groups in total. The van der Waals surface area contributed by atoms with E-state index in [4.69, 9.17) is 5.11 Å². The number of nitrogens with zero attached hydrogens (tertiary/aromatic N) is 1. The molecule has 0 bridgehead atoms. The fraction of sp³-hybridized carbons (Fsp3) is 0.0769. The SMILES string of the molecule is COC(=O)c1cc(-c2cc([N+](=O)[O-])ccc2C(=O)O)cs1. The molecule has 0 spiro atoms. The molecule has 1 aromatic carbocycles. The van der Waals surface area contributed by atoms with E-state index in [0.717, 1.165) is 17.4 Å². The minimum Gasteiger partial charge on any atom is -0.478 e. The van der Waals surface area contributed by atoms with E-state index in [2.05, 4.69) is 4.74 Å². The Kier molecular flexibility index (Phi) is 3.99. The van der Waals surface area contributed by atoms with Gasteiger partial charge in [0, 0.05) is 17.7 Å². The van der Waals surface area contributed by atoms with Crippen molar-refractivity contribution in [2.24, 2.45) is 0 Å². The number of nitro benzene ring substituents is 1. The molecular weight excluding hydrogens is 298 g/mol. The number of ether oxygens (including phenoxy) is 1. The number of hydrogen-bond acceptors (Lipinski definition) is 6. The molecule has 0 aliphatic rings. The Morgan fingerprint density at radius 2 is 2.05 bits per heavy atom. The first-order chi connectivity index (χ1) is 9.93. The number of carbonyl (C=O) groups excluding carboxylic acids is 1. The van der Waals surface area contributed by atoms with E-state index in [1.54, 1.807) is 5.38 Å². The van der Waals surface area contributed by atoms with Crippen LogP contribution in [0.15, 0.2) is 29.6 Å². The van der Waals surface area contributed by atoms with Gasteiger partial charge in [0.2, 0.25) is 0 Å². The van der Waals surface area contributed by atoms with Crippen LogP contribution < -0.4 is 0 Å². The minimum absolute atomic E-state index is 0.0742. The van der Waals surface area contributed by atoms with Gasteiger partial charge < -0.3 is 9.84 Å². The van der Waals surface area contributed by atoms with E-state index in [1.165, 1.54) is 25.3 Å². The van der Waals surface area contributed by atoms with Crippen molar-refractivity contribution in [1.29, 1.82) is 0 Å². The summed E-state index contributed by atoms with van der Waals surface area (Å²) in [5.74, 6) is -1.75. The molecule has 2 rings (SSSR count). The molecule has 0 aliphatic carbocycles. The van der Waals surface area contributed by atoms with Gasteiger partial charge in [-0.25, -0.2) is 9.59 Å². The van der Waals surface area contributed by atoms with Crippen LogP contribution in [-0.4, -0.2) is 29.1 Å². The minimum atomic E-state index is -1.20. The molecule has 0 amide bonds. The predicted molar refractivity (Wildman–Crippen MR) is 74.7 cm³/mol. The largest absolute Gasteiger partial charge is 0.478 e. The van der Waals surface area contributed by atoms with E-state index in [9.17, 15) is 19.7 Å². The zero-order valence-electron chi connectivity index (χ0n) is 10.7. The van der Waals surface area contributed by atoms with Gasteiger partial charge in [0.05, 0.1) is 17.6 Å². The number of hydrogen-bond donors (Lipinski definition) is 1. The van der Waals surface area contributed by atoms with Crippen LogP contribution in [0.4, 0.5) is 5.69 Å². The number of nitro groups is 1. The number of carboxylic acid groups (broad SMARTS) is 1. The highest BCUT2D eigenvalue weighted by Gasteiger charge is 2.19. The molecule has 108 valence electrons. The summed E-state index contributed by atoms with van der Waals surface area (Å²) in [6.45, 7) is 0. The molecule has 0 unspecified atom stereocenters. The number of benzene rings is 1. The molecule has 2 aromatic rings. The zero-order chi connectivity index (χ0) is 15.6. The van der Waals surface area contributed by atoms with Crippen molar-refractivity contribution in [3.05, 3.63) is 50.2 Å². The highest BCUT2D eigenvalue weighted by molar-refractivity contribution is 7.12. The summed E-state index contributed by atoms with van der Waals surface area (Å²) in [6.07, 6.45) is 0. The normalized spacial score (nSPS) is 10.1. The van der Waals surface area contributed by atoms with Crippen LogP contribution >= 0.6 is 11.3 Å². The lowest BCUT2D eigenvalue weighted by Gasteiger charge is -2.03. The second kappa shape index (κ2) is 5.71. The maximum Gasteiger partial charge on any atom is 0.348 e. The van der Waals surface area contributed by atoms with Crippen LogP contribution in [0.3, 0.4) is 0 Å². The lowest BCUT2D eigenvalue weighted by Crippen LogP contribution is -2.01. The van der Waals surface area contributed by atoms with Gasteiger partial charge in [-0.3, -0.25) is 10.1 Å². The maximum atomic E-state index is 11.4. The number of non-ortho nitro benzene ring substituents is 1. The lowest BCUT2D eigenvalue weighted by molar-refractivity contribution is -0.384. The van der Waals surface area contributed by atoms with E-state index in [1.807, 2.05) is 0 Å². The standard InChI is InChI=1S/C13H9NO6S/c1-20-13(17)11-4-7(6-21-11)10-5-8(14(18)19)2-3-9(10)12(15)16/h2-6H,1H3,(H,15,16). The van der Waals surface area contributed by atoms with Crippen molar-refractivity contribution >= 4 is 29.0 Å². The molecule has 0 fully saturated rings. The Morgan fingerprint density at radius 1 is 1.33 bits per heavy atom. The summed E-state index contributed by atoms with van der Waals surface area (Å²) >= 11 is 1.07. The van der Waals surface area contributed by atoms with Gasteiger partial charge in [-0.2, -0.15) is 0 Å². The summed E-state index contributed by atoms with van der Waals surface area (Å²) in [5, 5.41) is 21.5. The molecule has 1 aromatic heterocycles. The Bertz CT molecular complexity index is 736. The summed E-state index contributed by atoms with van der Waals surface area (Å²) in [5.41, 5.74) is 0.306. The third-order valence-electron chi connectivity index (χ3n) is 2.74. The van der Waals surface area contributed by atoms with Crippen LogP contribution in [0.1, 0.15) is 20.0 Å². The second-order valence-electron chi connectivity index (χ2n) is 3.98. The summed E-state index contributed by atoms with van der Waals surface area (Å²) < 4.78 is 4.57. The molecular formula is C13H9NO6S. The van der Waals surface area contributed by atoms with Gasteiger partial charge in [-0.05, 0) is 23.1 Å². The third kappa shape index (κ3) is 2.90. The zero-order valence-corrected chi connectivity index (χ0v) is 11.5. The quantitative estimate of drug-likeness (QED) is 0.528. The van der Waals surface area contributed by atoms with Crippen LogP contribution in [0.25, 0.3) is 11.1 Å². The van der Waals surface area contributed by atoms with Crippen LogP contribution in [-0.2, 0) is 4.74 Å². The Hall–Kier alpha value is -2.74. The van der Waals surface area contributed by atoms with Gasteiger partial charge in [0.15, 0.2) is 0 Å². The van der Waals surface area contributed by atoms with Crippen LogP contribution in [0, 0.1) is 10.1 Å². The maximum absolute atomic E-state index is 11.4. The number of aromatic carboxylic acids is 1. The fourth-order valence-electron chi connectivity index (χ4n) is 1.76. The topological polar surface area (TPSA) is 107 Å². The van der Waals surface area contributed by atoms with Crippen molar-refractivity contribution in [3.8, 4) is 11.1 Å². The lowest BCUT2D eigenvalue weighted by atomic mass is 10.0. The van der Waals surface area contributed by atoms with Crippen molar-refractivity contribution in [3.63, 3.8) is 0 Å². The average molecular weight is 307 g/mol. The average Bonchev–Trinajstić information content (AvgIpc) is 2.95. The summed E-state index contributed by atoms with van der Waals surface area (Å²) in [7, 11) is 1.23. The number of carboxylic acids is 1. The second-order valence-corrected chi connectivity index (χ2v) is 4.89. The first kappa shape index (κ1) is 14.7. The van der Waals surface area contributed by atoms with E-state index in [0.29, 0.717) is 5.56 Å².